The lowest BCUT2D eigenvalue weighted by molar-refractivity contribution is -0.137. The molecular weight excluding hydrogens is 253 g/mol. The fourth-order valence-corrected chi connectivity index (χ4v) is 2.56. The first-order chi connectivity index (χ1) is 8.88. The first-order valence-electron chi connectivity index (χ1n) is 6.49. The molecule has 1 unspecified atom stereocenters. The SMILES string of the molecule is CN(C)c1ccc(C(F)(F)F)cc1CC1CCCN1. The average Bonchev–Trinajstić information content (AvgIpc) is 2.80. The van der Waals surface area contributed by atoms with Crippen molar-refractivity contribution in [2.45, 2.75) is 31.5 Å². The molecule has 1 N–H and O–H groups in total. The molecule has 0 bridgehead atoms. The van der Waals surface area contributed by atoms with Gasteiger partial charge in [-0.25, -0.2) is 0 Å². The Bertz CT molecular complexity index is 435. The topological polar surface area (TPSA) is 15.3 Å². The van der Waals surface area contributed by atoms with Crippen LogP contribution in [0.4, 0.5) is 18.9 Å². The van der Waals surface area contributed by atoms with E-state index in [4.69, 9.17) is 0 Å². The molecule has 0 saturated carbocycles. The summed E-state index contributed by atoms with van der Waals surface area (Å²) in [6.45, 7) is 0.959. The lowest BCUT2D eigenvalue weighted by atomic mass is 9.99. The van der Waals surface area contributed by atoms with E-state index in [9.17, 15) is 13.2 Å². The number of hydrogen-bond donors (Lipinski definition) is 1. The van der Waals surface area contributed by atoms with E-state index in [-0.39, 0.29) is 0 Å². The smallest absolute Gasteiger partial charge is 0.377 e. The van der Waals surface area contributed by atoms with E-state index in [1.54, 1.807) is 6.07 Å². The molecule has 1 aliphatic heterocycles. The van der Waals surface area contributed by atoms with Crippen LogP contribution < -0.4 is 10.2 Å². The predicted octanol–water partition coefficient (Wildman–Crippen LogP) is 3.07. The van der Waals surface area contributed by atoms with Gasteiger partial charge in [0, 0.05) is 25.8 Å². The van der Waals surface area contributed by atoms with Gasteiger partial charge in [0.05, 0.1) is 5.56 Å². The van der Waals surface area contributed by atoms with Crippen LogP contribution in [0.2, 0.25) is 0 Å². The van der Waals surface area contributed by atoms with Gasteiger partial charge in [0.25, 0.3) is 0 Å². The van der Waals surface area contributed by atoms with Gasteiger partial charge in [0.15, 0.2) is 0 Å². The number of rotatable bonds is 3. The van der Waals surface area contributed by atoms with Gasteiger partial charge in [-0.2, -0.15) is 13.2 Å². The second-order valence-corrected chi connectivity index (χ2v) is 5.23. The fraction of sp³-hybridized carbons (Fsp3) is 0.571. The number of anilines is 1. The van der Waals surface area contributed by atoms with Gasteiger partial charge in [-0.15, -0.1) is 0 Å². The number of nitrogens with zero attached hydrogens (tertiary/aromatic N) is 1. The quantitative estimate of drug-likeness (QED) is 0.909. The predicted molar refractivity (Wildman–Crippen MR) is 70.5 cm³/mol. The number of hydrogen-bond acceptors (Lipinski definition) is 2. The summed E-state index contributed by atoms with van der Waals surface area (Å²) in [5.74, 6) is 0. The minimum atomic E-state index is -4.28. The third-order valence-corrected chi connectivity index (χ3v) is 3.52. The molecule has 106 valence electrons. The van der Waals surface area contributed by atoms with Gasteiger partial charge in [0.1, 0.15) is 0 Å². The van der Waals surface area contributed by atoms with Gasteiger partial charge < -0.3 is 10.2 Å². The van der Waals surface area contributed by atoms with E-state index in [0.29, 0.717) is 12.5 Å². The summed E-state index contributed by atoms with van der Waals surface area (Å²) in [5, 5.41) is 3.33. The van der Waals surface area contributed by atoms with E-state index >= 15 is 0 Å². The Labute approximate surface area is 111 Å². The summed E-state index contributed by atoms with van der Waals surface area (Å²) in [6.07, 6.45) is -1.50. The molecule has 1 aromatic rings. The normalized spacial score (nSPS) is 19.7. The van der Waals surface area contributed by atoms with Crippen LogP contribution in [0.5, 0.6) is 0 Å². The summed E-state index contributed by atoms with van der Waals surface area (Å²) in [6, 6.07) is 4.30. The number of halogens is 3. The van der Waals surface area contributed by atoms with Crippen molar-refractivity contribution in [1.29, 1.82) is 0 Å². The Balaban J connectivity index is 2.30. The molecule has 0 spiro atoms. The maximum absolute atomic E-state index is 12.8. The zero-order valence-corrected chi connectivity index (χ0v) is 11.2. The molecule has 2 nitrogen and oxygen atoms in total. The Morgan fingerprint density at radius 3 is 2.58 bits per heavy atom. The first-order valence-corrected chi connectivity index (χ1v) is 6.49. The summed E-state index contributed by atoms with van der Waals surface area (Å²) in [4.78, 5) is 1.87. The van der Waals surface area contributed by atoms with Crippen LogP contribution in [0.15, 0.2) is 18.2 Å². The van der Waals surface area contributed by atoms with Crippen molar-refractivity contribution in [3.05, 3.63) is 29.3 Å². The Kier molecular flexibility index (Phi) is 4.04. The maximum Gasteiger partial charge on any atom is 0.416 e. The van der Waals surface area contributed by atoms with Crippen molar-refractivity contribution < 1.29 is 13.2 Å². The molecule has 0 amide bonds. The molecule has 1 atom stereocenters. The summed E-state index contributed by atoms with van der Waals surface area (Å²) < 4.78 is 38.4. The van der Waals surface area contributed by atoms with Crippen molar-refractivity contribution >= 4 is 5.69 Å². The van der Waals surface area contributed by atoms with Crippen molar-refractivity contribution in [2.24, 2.45) is 0 Å². The van der Waals surface area contributed by atoms with Gasteiger partial charge in [0.2, 0.25) is 0 Å². The van der Waals surface area contributed by atoms with Crippen LogP contribution in [0.25, 0.3) is 0 Å². The Morgan fingerprint density at radius 1 is 1.32 bits per heavy atom. The summed E-state index contributed by atoms with van der Waals surface area (Å²) in [5.41, 5.74) is 1.06. The number of benzene rings is 1. The fourth-order valence-electron chi connectivity index (χ4n) is 2.56. The maximum atomic E-state index is 12.8. The zero-order valence-electron chi connectivity index (χ0n) is 11.2. The lowest BCUT2D eigenvalue weighted by Crippen LogP contribution is -2.25. The highest BCUT2D eigenvalue weighted by molar-refractivity contribution is 5.54. The largest absolute Gasteiger partial charge is 0.416 e. The standard InChI is InChI=1S/C14H19F3N2/c1-19(2)13-6-5-11(14(15,16)17)8-10(13)9-12-4-3-7-18-12/h5-6,8,12,18H,3-4,7,9H2,1-2H3. The molecule has 1 aliphatic rings. The third-order valence-electron chi connectivity index (χ3n) is 3.52. The van der Waals surface area contributed by atoms with Gasteiger partial charge in [-0.05, 0) is 49.6 Å². The zero-order chi connectivity index (χ0) is 14.0. The second-order valence-electron chi connectivity index (χ2n) is 5.23. The molecule has 0 aliphatic carbocycles. The second kappa shape index (κ2) is 5.41. The van der Waals surface area contributed by atoms with Gasteiger partial charge in [-0.3, -0.25) is 0 Å². The molecule has 1 fully saturated rings. The van der Waals surface area contributed by atoms with E-state index in [1.807, 2.05) is 19.0 Å². The Morgan fingerprint density at radius 2 is 2.05 bits per heavy atom. The minimum Gasteiger partial charge on any atom is -0.377 e. The molecule has 19 heavy (non-hydrogen) atoms. The van der Waals surface area contributed by atoms with E-state index in [0.717, 1.165) is 36.7 Å². The van der Waals surface area contributed by atoms with E-state index in [2.05, 4.69) is 5.32 Å². The van der Waals surface area contributed by atoms with Crippen molar-refractivity contribution in [1.82, 2.24) is 5.32 Å². The Hall–Kier alpha value is -1.23. The van der Waals surface area contributed by atoms with Crippen LogP contribution in [0.3, 0.4) is 0 Å². The van der Waals surface area contributed by atoms with Gasteiger partial charge in [-0.1, -0.05) is 0 Å². The molecule has 5 heteroatoms. The third kappa shape index (κ3) is 3.41. The monoisotopic (exact) mass is 272 g/mol. The number of nitrogens with one attached hydrogen (secondary N) is 1. The molecular formula is C14H19F3N2. The van der Waals surface area contributed by atoms with Crippen LogP contribution in [-0.2, 0) is 12.6 Å². The molecule has 0 radical (unpaired) electrons. The lowest BCUT2D eigenvalue weighted by Gasteiger charge is -2.21. The first kappa shape index (κ1) is 14.2. The minimum absolute atomic E-state index is 0.294. The molecule has 1 heterocycles. The van der Waals surface area contributed by atoms with Crippen molar-refractivity contribution in [2.75, 3.05) is 25.5 Å². The van der Waals surface area contributed by atoms with E-state index < -0.39 is 11.7 Å². The van der Waals surface area contributed by atoms with E-state index in [1.165, 1.54) is 6.07 Å². The molecule has 1 saturated heterocycles. The molecule has 2 rings (SSSR count). The average molecular weight is 272 g/mol. The van der Waals surface area contributed by atoms with Gasteiger partial charge >= 0.3 is 6.18 Å². The van der Waals surface area contributed by atoms with Crippen LogP contribution in [0, 0.1) is 0 Å². The van der Waals surface area contributed by atoms with Crippen LogP contribution in [-0.4, -0.2) is 26.7 Å². The van der Waals surface area contributed by atoms with Crippen LogP contribution >= 0.6 is 0 Å². The van der Waals surface area contributed by atoms with Crippen LogP contribution in [0.1, 0.15) is 24.0 Å². The summed E-state index contributed by atoms with van der Waals surface area (Å²) >= 11 is 0. The van der Waals surface area contributed by atoms with Crippen molar-refractivity contribution in [3.8, 4) is 0 Å². The molecule has 1 aromatic carbocycles. The molecule has 0 aromatic heterocycles. The highest BCUT2D eigenvalue weighted by Gasteiger charge is 2.31. The number of alkyl halides is 3. The highest BCUT2D eigenvalue weighted by Crippen LogP contribution is 2.33. The summed E-state index contributed by atoms with van der Waals surface area (Å²) in [7, 11) is 3.71. The van der Waals surface area contributed by atoms with Crippen molar-refractivity contribution in [3.63, 3.8) is 0 Å². The highest BCUT2D eigenvalue weighted by atomic mass is 19.4.